The van der Waals surface area contributed by atoms with E-state index in [1.54, 1.807) is 43.9 Å². The highest BCUT2D eigenvalue weighted by atomic mass is 32.1. The molecule has 0 spiro atoms. The van der Waals surface area contributed by atoms with Crippen LogP contribution in [0.3, 0.4) is 0 Å². The summed E-state index contributed by atoms with van der Waals surface area (Å²) >= 11 is 1.62. The first-order valence-corrected chi connectivity index (χ1v) is 6.73. The maximum atomic E-state index is 11.7. The number of carbonyl (C=O) groups is 1. The van der Waals surface area contributed by atoms with E-state index >= 15 is 0 Å². The van der Waals surface area contributed by atoms with Crippen LogP contribution in [0, 0.1) is 0 Å². The van der Waals surface area contributed by atoms with Crippen molar-refractivity contribution in [3.05, 3.63) is 40.5 Å². The second kappa shape index (κ2) is 5.79. The summed E-state index contributed by atoms with van der Waals surface area (Å²) in [6.45, 7) is 0.714. The molecule has 1 amide bonds. The van der Waals surface area contributed by atoms with Crippen LogP contribution in [0.1, 0.15) is 15.4 Å². The molecule has 0 radical (unpaired) electrons. The van der Waals surface area contributed by atoms with Crippen molar-refractivity contribution in [3.8, 4) is 0 Å². The van der Waals surface area contributed by atoms with Gasteiger partial charge in [-0.05, 0) is 12.1 Å². The predicted octanol–water partition coefficient (Wildman–Crippen LogP) is 1.88. The van der Waals surface area contributed by atoms with Gasteiger partial charge in [0.1, 0.15) is 10.8 Å². The standard InChI is InChI=1S/C13H16N4OS/c1-16(2)13(18)10-4-5-11(15-8-10)17(3)9-12-14-6-7-19-12/h4-8H,9H2,1-3H3. The van der Waals surface area contributed by atoms with Crippen molar-refractivity contribution in [1.82, 2.24) is 14.9 Å². The molecule has 5 nitrogen and oxygen atoms in total. The second-order valence-corrected chi connectivity index (χ2v) is 5.37. The molecule has 19 heavy (non-hydrogen) atoms. The first-order valence-electron chi connectivity index (χ1n) is 5.85. The third kappa shape index (κ3) is 3.29. The predicted molar refractivity (Wildman–Crippen MR) is 76.5 cm³/mol. The van der Waals surface area contributed by atoms with Gasteiger partial charge in [0, 0.05) is 38.9 Å². The van der Waals surface area contributed by atoms with Crippen LogP contribution in [0.25, 0.3) is 0 Å². The summed E-state index contributed by atoms with van der Waals surface area (Å²) in [6.07, 6.45) is 3.40. The second-order valence-electron chi connectivity index (χ2n) is 4.39. The molecule has 2 aromatic heterocycles. The molecule has 2 aromatic rings. The average Bonchev–Trinajstić information content (AvgIpc) is 2.90. The van der Waals surface area contributed by atoms with Crippen LogP contribution in [-0.4, -0.2) is 41.9 Å². The monoisotopic (exact) mass is 276 g/mol. The van der Waals surface area contributed by atoms with Crippen LogP contribution in [0.2, 0.25) is 0 Å². The zero-order valence-electron chi connectivity index (χ0n) is 11.2. The van der Waals surface area contributed by atoms with Crippen molar-refractivity contribution in [2.45, 2.75) is 6.54 Å². The van der Waals surface area contributed by atoms with Gasteiger partial charge in [-0.25, -0.2) is 9.97 Å². The molecule has 2 heterocycles. The Morgan fingerprint density at radius 3 is 2.58 bits per heavy atom. The molecule has 0 aromatic carbocycles. The van der Waals surface area contributed by atoms with Gasteiger partial charge in [-0.1, -0.05) is 0 Å². The molecule has 0 aliphatic rings. The Hall–Kier alpha value is -1.95. The Bertz CT molecular complexity index is 536. The van der Waals surface area contributed by atoms with Crippen molar-refractivity contribution in [1.29, 1.82) is 0 Å². The minimum Gasteiger partial charge on any atom is -0.353 e. The topological polar surface area (TPSA) is 49.3 Å². The van der Waals surface area contributed by atoms with Crippen LogP contribution in [0.4, 0.5) is 5.82 Å². The van der Waals surface area contributed by atoms with Crippen LogP contribution in [-0.2, 0) is 6.54 Å². The highest BCUT2D eigenvalue weighted by Crippen LogP contribution is 2.14. The number of rotatable bonds is 4. The fourth-order valence-electron chi connectivity index (χ4n) is 1.61. The number of thiazole rings is 1. The summed E-state index contributed by atoms with van der Waals surface area (Å²) in [5, 5.41) is 2.99. The van der Waals surface area contributed by atoms with E-state index in [1.165, 1.54) is 4.90 Å². The lowest BCUT2D eigenvalue weighted by Gasteiger charge is -2.17. The van der Waals surface area contributed by atoms with Gasteiger partial charge in [-0.2, -0.15) is 0 Å². The number of hydrogen-bond donors (Lipinski definition) is 0. The van der Waals surface area contributed by atoms with E-state index in [2.05, 4.69) is 9.97 Å². The third-order valence-electron chi connectivity index (χ3n) is 2.65. The van der Waals surface area contributed by atoms with Gasteiger partial charge in [-0.3, -0.25) is 4.79 Å². The summed E-state index contributed by atoms with van der Waals surface area (Å²) in [6, 6.07) is 3.65. The first kappa shape index (κ1) is 13.5. The molecule has 0 aliphatic heterocycles. The van der Waals surface area contributed by atoms with Gasteiger partial charge in [0.2, 0.25) is 0 Å². The molecule has 0 saturated carbocycles. The summed E-state index contributed by atoms with van der Waals surface area (Å²) in [4.78, 5) is 23.8. The molecule has 0 fully saturated rings. The normalized spacial score (nSPS) is 10.3. The Kier molecular flexibility index (Phi) is 4.11. The quantitative estimate of drug-likeness (QED) is 0.855. The number of pyridine rings is 1. The van der Waals surface area contributed by atoms with E-state index < -0.39 is 0 Å². The molecule has 0 bridgehead atoms. The Labute approximate surface area is 116 Å². The lowest BCUT2D eigenvalue weighted by atomic mass is 10.2. The van der Waals surface area contributed by atoms with Gasteiger partial charge in [-0.15, -0.1) is 11.3 Å². The summed E-state index contributed by atoms with van der Waals surface area (Å²) in [7, 11) is 5.41. The molecule has 0 saturated heterocycles. The molecule has 0 N–H and O–H groups in total. The number of carbonyl (C=O) groups excluding carboxylic acids is 1. The minimum atomic E-state index is -0.0402. The average molecular weight is 276 g/mol. The maximum Gasteiger partial charge on any atom is 0.254 e. The van der Waals surface area contributed by atoms with Gasteiger partial charge in [0.05, 0.1) is 12.1 Å². The van der Waals surface area contributed by atoms with E-state index in [4.69, 9.17) is 0 Å². The highest BCUT2D eigenvalue weighted by molar-refractivity contribution is 7.09. The molecule has 0 aliphatic carbocycles. The number of anilines is 1. The molecule has 100 valence electrons. The smallest absolute Gasteiger partial charge is 0.254 e. The lowest BCUT2D eigenvalue weighted by Crippen LogP contribution is -2.22. The largest absolute Gasteiger partial charge is 0.353 e. The summed E-state index contributed by atoms with van der Waals surface area (Å²) in [5.74, 6) is 0.784. The zero-order chi connectivity index (χ0) is 13.8. The molecule has 0 unspecified atom stereocenters. The maximum absolute atomic E-state index is 11.7. The van der Waals surface area contributed by atoms with Crippen molar-refractivity contribution in [2.75, 3.05) is 26.0 Å². The molecular weight excluding hydrogens is 260 g/mol. The van der Waals surface area contributed by atoms with Crippen molar-refractivity contribution >= 4 is 23.1 Å². The van der Waals surface area contributed by atoms with Crippen molar-refractivity contribution < 1.29 is 4.79 Å². The van der Waals surface area contributed by atoms with Crippen LogP contribution in [0.5, 0.6) is 0 Å². The fraction of sp³-hybridized carbons (Fsp3) is 0.308. The van der Waals surface area contributed by atoms with Gasteiger partial charge < -0.3 is 9.80 Å². The van der Waals surface area contributed by atoms with Gasteiger partial charge >= 0.3 is 0 Å². The van der Waals surface area contributed by atoms with E-state index in [0.717, 1.165) is 10.8 Å². The number of amides is 1. The van der Waals surface area contributed by atoms with E-state index in [1.807, 2.05) is 23.4 Å². The Balaban J connectivity index is 2.07. The van der Waals surface area contributed by atoms with Crippen molar-refractivity contribution in [2.24, 2.45) is 0 Å². The van der Waals surface area contributed by atoms with E-state index in [-0.39, 0.29) is 5.91 Å². The first-order chi connectivity index (χ1) is 9.08. The van der Waals surface area contributed by atoms with Crippen LogP contribution >= 0.6 is 11.3 Å². The fourth-order valence-corrected chi connectivity index (χ4v) is 2.28. The highest BCUT2D eigenvalue weighted by Gasteiger charge is 2.10. The third-order valence-corrected chi connectivity index (χ3v) is 3.41. The number of aromatic nitrogens is 2. The lowest BCUT2D eigenvalue weighted by molar-refractivity contribution is 0.0827. The number of nitrogens with zero attached hydrogens (tertiary/aromatic N) is 4. The Morgan fingerprint density at radius 2 is 2.05 bits per heavy atom. The Morgan fingerprint density at radius 1 is 1.26 bits per heavy atom. The SMILES string of the molecule is CN(C)C(=O)c1ccc(N(C)Cc2nccs2)nc1. The summed E-state index contributed by atoms with van der Waals surface area (Å²) in [5.41, 5.74) is 0.594. The van der Waals surface area contributed by atoms with Crippen LogP contribution in [0.15, 0.2) is 29.9 Å². The molecular formula is C13H16N4OS. The minimum absolute atomic E-state index is 0.0402. The number of hydrogen-bond acceptors (Lipinski definition) is 5. The molecule has 2 rings (SSSR count). The van der Waals surface area contributed by atoms with E-state index in [9.17, 15) is 4.79 Å². The van der Waals surface area contributed by atoms with Gasteiger partial charge in [0.15, 0.2) is 0 Å². The molecule has 0 atom stereocenters. The van der Waals surface area contributed by atoms with Gasteiger partial charge in [0.25, 0.3) is 5.91 Å². The van der Waals surface area contributed by atoms with E-state index in [0.29, 0.717) is 12.1 Å². The summed E-state index contributed by atoms with van der Waals surface area (Å²) < 4.78 is 0. The zero-order valence-corrected chi connectivity index (χ0v) is 12.0. The van der Waals surface area contributed by atoms with Crippen LogP contribution < -0.4 is 4.90 Å². The molecule has 6 heteroatoms. The van der Waals surface area contributed by atoms with Crippen molar-refractivity contribution in [3.63, 3.8) is 0 Å².